The van der Waals surface area contributed by atoms with Crippen LogP contribution in [-0.4, -0.2) is 86.3 Å². The van der Waals surface area contributed by atoms with Gasteiger partial charge in [-0.2, -0.15) is 4.74 Å². The lowest BCUT2D eigenvalue weighted by molar-refractivity contribution is 0.0417. The van der Waals surface area contributed by atoms with Gasteiger partial charge in [-0.1, -0.05) is 76.2 Å². The van der Waals surface area contributed by atoms with Crippen molar-refractivity contribution in [1.82, 2.24) is 16.0 Å². The Kier molecular flexibility index (Phi) is 19.8. The molecular formula is C58H79F4N4O8+. The van der Waals surface area contributed by atoms with E-state index >= 15 is 0 Å². The van der Waals surface area contributed by atoms with Crippen LogP contribution in [0.2, 0.25) is 0 Å². The lowest BCUT2D eigenvalue weighted by atomic mass is 9.83. The van der Waals surface area contributed by atoms with E-state index in [9.17, 15) is 32.3 Å². The second-order valence-corrected chi connectivity index (χ2v) is 23.2. The number of hydrogen-bond donors (Lipinski definition) is 5. The number of epoxide rings is 1. The first-order chi connectivity index (χ1) is 34.4. The molecule has 406 valence electrons. The van der Waals surface area contributed by atoms with Gasteiger partial charge in [0.2, 0.25) is 7.11 Å². The summed E-state index contributed by atoms with van der Waals surface area (Å²) in [6, 6.07) is 22.2. The third-order valence-electron chi connectivity index (χ3n) is 13.0. The molecule has 2 amide bonds. The van der Waals surface area contributed by atoms with Crippen molar-refractivity contribution in [3.8, 4) is 0 Å². The molecule has 4 unspecified atom stereocenters. The van der Waals surface area contributed by atoms with E-state index in [4.69, 9.17) is 29.4 Å². The zero-order chi connectivity index (χ0) is 54.9. The second-order valence-electron chi connectivity index (χ2n) is 23.2. The zero-order valence-corrected chi connectivity index (χ0v) is 45.1. The van der Waals surface area contributed by atoms with Crippen LogP contribution in [0.25, 0.3) is 0 Å². The van der Waals surface area contributed by atoms with E-state index in [0.29, 0.717) is 30.9 Å². The van der Waals surface area contributed by atoms with Gasteiger partial charge in [0.15, 0.2) is 0 Å². The largest absolute Gasteiger partial charge is 0.444 e. The van der Waals surface area contributed by atoms with Crippen LogP contribution in [0.5, 0.6) is 0 Å². The van der Waals surface area contributed by atoms with Crippen molar-refractivity contribution in [2.24, 2.45) is 5.73 Å². The van der Waals surface area contributed by atoms with Gasteiger partial charge in [0.05, 0.1) is 31.4 Å². The topological polar surface area (TPSA) is 166 Å². The minimum atomic E-state index is -1.04. The summed E-state index contributed by atoms with van der Waals surface area (Å²) < 4.78 is 80.1. The Balaban J connectivity index is 0.000000229. The van der Waals surface area contributed by atoms with Crippen molar-refractivity contribution >= 4 is 12.2 Å². The number of alkyl carbamates (subject to hydrolysis) is 2. The Bertz CT molecular complexity index is 2460. The van der Waals surface area contributed by atoms with Crippen LogP contribution >= 0.6 is 0 Å². The molecule has 6 N–H and O–H groups in total. The Labute approximate surface area is 435 Å². The number of carbonyl (C=O) groups is 2. The van der Waals surface area contributed by atoms with Gasteiger partial charge in [0.1, 0.15) is 47.2 Å². The SMILES string of the molecule is CC(C)(C)OC(=O)NC(Cc1cc(F)cc(F)c1)C1CO1.COCC(C)(C)c1cccc(C2(NCC(O)C(Cc3cc(F)cc(F)c3)NC(=O)OC(C)(C)C)CC2)c1.[CH2+]OCC(C)(C)c1cccc(C2(N)CC2)c1. The summed E-state index contributed by atoms with van der Waals surface area (Å²) in [5.41, 5.74) is 9.98. The molecule has 0 bridgehead atoms. The number of aliphatic hydroxyl groups excluding tert-OH is 1. The minimum absolute atomic E-state index is 0.0109. The number of benzene rings is 4. The fourth-order valence-corrected chi connectivity index (χ4v) is 8.56. The van der Waals surface area contributed by atoms with Crippen molar-refractivity contribution in [2.45, 2.75) is 165 Å². The Hall–Kier alpha value is -5.23. The van der Waals surface area contributed by atoms with Crippen LogP contribution in [0.3, 0.4) is 0 Å². The second kappa shape index (κ2) is 24.6. The molecule has 2 aliphatic carbocycles. The van der Waals surface area contributed by atoms with E-state index in [-0.39, 0.29) is 53.4 Å². The van der Waals surface area contributed by atoms with Crippen molar-refractivity contribution in [2.75, 3.05) is 33.5 Å². The fraction of sp³-hybridized carbons (Fsp3) is 0.534. The van der Waals surface area contributed by atoms with Gasteiger partial charge in [0.25, 0.3) is 0 Å². The fourth-order valence-electron chi connectivity index (χ4n) is 8.56. The molecule has 4 aromatic carbocycles. The maximum absolute atomic E-state index is 13.8. The van der Waals surface area contributed by atoms with E-state index in [1.807, 2.05) is 6.07 Å². The molecule has 3 aliphatic rings. The summed E-state index contributed by atoms with van der Waals surface area (Å²) in [6.07, 6.45) is 1.87. The number of aliphatic hydroxyl groups is 1. The molecule has 2 saturated carbocycles. The molecular weight excluding hydrogens is 957 g/mol. The van der Waals surface area contributed by atoms with E-state index in [0.717, 1.165) is 48.9 Å². The third kappa shape index (κ3) is 18.9. The first-order valence-electron chi connectivity index (χ1n) is 25.2. The van der Waals surface area contributed by atoms with E-state index in [2.05, 4.69) is 93.2 Å². The van der Waals surface area contributed by atoms with E-state index in [1.165, 1.54) is 35.4 Å². The van der Waals surface area contributed by atoms with Crippen LogP contribution in [0.1, 0.15) is 128 Å². The molecule has 3 fully saturated rings. The molecule has 1 saturated heterocycles. The van der Waals surface area contributed by atoms with Gasteiger partial charge in [0, 0.05) is 47.7 Å². The number of rotatable bonds is 19. The van der Waals surface area contributed by atoms with Crippen LogP contribution in [0.15, 0.2) is 84.9 Å². The maximum Gasteiger partial charge on any atom is 0.407 e. The maximum atomic E-state index is 13.8. The van der Waals surface area contributed by atoms with Gasteiger partial charge in [-0.25, -0.2) is 27.2 Å². The predicted molar refractivity (Wildman–Crippen MR) is 278 cm³/mol. The lowest BCUT2D eigenvalue weighted by Crippen LogP contribution is -2.51. The highest BCUT2D eigenvalue weighted by Crippen LogP contribution is 2.46. The highest BCUT2D eigenvalue weighted by Gasteiger charge is 2.45. The molecule has 7 rings (SSSR count). The number of ether oxygens (including phenoxy) is 5. The third-order valence-corrected chi connectivity index (χ3v) is 13.0. The number of halogens is 4. The number of nitrogens with one attached hydrogen (secondary N) is 3. The molecule has 1 heterocycles. The Morgan fingerprint density at radius 1 is 0.703 bits per heavy atom. The van der Waals surface area contributed by atoms with E-state index in [1.54, 1.807) is 48.7 Å². The van der Waals surface area contributed by atoms with Crippen LogP contribution in [0.4, 0.5) is 27.2 Å². The van der Waals surface area contributed by atoms with Crippen molar-refractivity contribution < 1.29 is 55.9 Å². The summed E-state index contributed by atoms with van der Waals surface area (Å²) in [4.78, 5) is 24.3. The number of methoxy groups -OCH3 is 1. The zero-order valence-electron chi connectivity index (χ0n) is 45.1. The molecule has 0 radical (unpaired) electrons. The number of carbonyl (C=O) groups excluding carboxylic acids is 2. The predicted octanol–water partition coefficient (Wildman–Crippen LogP) is 10.5. The summed E-state index contributed by atoms with van der Waals surface area (Å²) in [5.74, 6) is -2.71. The van der Waals surface area contributed by atoms with Crippen LogP contribution < -0.4 is 21.7 Å². The van der Waals surface area contributed by atoms with Gasteiger partial charge in [-0.15, -0.1) is 0 Å². The van der Waals surface area contributed by atoms with Crippen LogP contribution in [-0.2, 0) is 58.4 Å². The lowest BCUT2D eigenvalue weighted by Gasteiger charge is -2.29. The summed E-state index contributed by atoms with van der Waals surface area (Å²) in [5, 5.41) is 20.0. The summed E-state index contributed by atoms with van der Waals surface area (Å²) >= 11 is 0. The van der Waals surface area contributed by atoms with Gasteiger partial charge < -0.3 is 45.7 Å². The van der Waals surface area contributed by atoms with E-state index < -0.39 is 58.8 Å². The molecule has 0 aromatic heterocycles. The molecule has 12 nitrogen and oxygen atoms in total. The molecule has 16 heteroatoms. The minimum Gasteiger partial charge on any atom is -0.444 e. The molecule has 1 aliphatic heterocycles. The monoisotopic (exact) mass is 1040 g/mol. The van der Waals surface area contributed by atoms with Gasteiger partial charge in [-0.3, -0.25) is 0 Å². The smallest absolute Gasteiger partial charge is 0.407 e. The molecule has 0 spiro atoms. The van der Waals surface area contributed by atoms with Gasteiger partial charge >= 0.3 is 12.2 Å². The average molecular weight is 1040 g/mol. The normalized spacial score (nSPS) is 17.7. The van der Waals surface area contributed by atoms with Crippen molar-refractivity contribution in [3.05, 3.63) is 149 Å². The first kappa shape index (κ1) is 59.6. The number of amides is 2. The number of nitrogens with two attached hydrogens (primary N) is 1. The first-order valence-corrected chi connectivity index (χ1v) is 25.2. The average Bonchev–Trinajstić information content (AvgIpc) is 4.16. The van der Waals surface area contributed by atoms with Crippen molar-refractivity contribution in [1.29, 1.82) is 0 Å². The van der Waals surface area contributed by atoms with Crippen molar-refractivity contribution in [3.63, 3.8) is 0 Å². The summed E-state index contributed by atoms with van der Waals surface area (Å²) in [6.45, 7) is 21.0. The molecule has 4 atom stereocenters. The van der Waals surface area contributed by atoms with Crippen LogP contribution in [0, 0.1) is 30.4 Å². The quantitative estimate of drug-likeness (QED) is 0.0347. The van der Waals surface area contributed by atoms with Gasteiger partial charge in [-0.05, 0) is 138 Å². The Morgan fingerprint density at radius 3 is 1.61 bits per heavy atom. The molecule has 74 heavy (non-hydrogen) atoms. The summed E-state index contributed by atoms with van der Waals surface area (Å²) in [7, 11) is 5.15. The number of hydrogen-bond acceptors (Lipinski definition) is 10. The Morgan fingerprint density at radius 2 is 1.16 bits per heavy atom. The highest BCUT2D eigenvalue weighted by atomic mass is 19.1. The highest BCUT2D eigenvalue weighted by molar-refractivity contribution is 5.68. The molecule has 4 aromatic rings. The standard InChI is InChI=1S/C29H40F2N2O4.C15H19F2NO3.C14H20NO/c1-27(2,3)37-26(35)33-24(14-19-12-22(30)16-23(31)13-19)25(34)17-32-29(10-11-29)21-9-7-8-20(15-21)28(4,5)18-36-6;1-15(2,3)21-14(19)18-12(13-8-20-13)6-9-4-10(16)7-11(17)5-9;1-13(2,10-16-3)11-5-4-6-12(9-11)14(15)7-8-14/h7-9,12-13,15-16,24-25,32,34H,10-11,14,17-18H2,1-6H3,(H,33,35);4-5,7,12-13H,6,8H2,1-3H3,(H,18,19);4-6,9H,3,7-8,10,15H2,1-2H3/q;;+1.